The van der Waals surface area contributed by atoms with Gasteiger partial charge in [-0.2, -0.15) is 5.10 Å². The third-order valence-electron chi connectivity index (χ3n) is 4.13. The van der Waals surface area contributed by atoms with Gasteiger partial charge in [-0.05, 0) is 32.0 Å². The third kappa shape index (κ3) is 3.28. The van der Waals surface area contributed by atoms with Gasteiger partial charge in [-0.25, -0.2) is 0 Å². The minimum atomic E-state index is -0.218. The maximum Gasteiger partial charge on any atom is 0.259 e. The first-order valence-corrected chi connectivity index (χ1v) is 8.38. The monoisotopic (exact) mass is 353 g/mol. The van der Waals surface area contributed by atoms with Crippen molar-refractivity contribution in [2.45, 2.75) is 26.5 Å². The molecule has 26 heavy (non-hydrogen) atoms. The van der Waals surface area contributed by atoms with Crippen LogP contribution in [0.5, 0.6) is 11.5 Å². The number of furan rings is 1. The smallest absolute Gasteiger partial charge is 0.259 e. The molecule has 134 valence electrons. The summed E-state index contributed by atoms with van der Waals surface area (Å²) < 4.78 is 18.8. The van der Waals surface area contributed by atoms with Crippen LogP contribution >= 0.6 is 0 Å². The Morgan fingerprint density at radius 2 is 2.12 bits per heavy atom. The Balaban J connectivity index is 1.39. The number of fused-ring (bicyclic) bond motifs is 1. The molecule has 1 aromatic carbocycles. The van der Waals surface area contributed by atoms with Gasteiger partial charge in [0.2, 0.25) is 0 Å². The van der Waals surface area contributed by atoms with E-state index < -0.39 is 0 Å². The first-order chi connectivity index (χ1) is 12.6. The Bertz CT molecular complexity index is 944. The number of ether oxygens (including phenoxy) is 2. The maximum absolute atomic E-state index is 12.3. The molecule has 0 unspecified atom stereocenters. The SMILES string of the molecule is Cc1cc(C(=O)Nc2cnn(C[C@@H]3COc4ccccc4O3)c2)c(C)o1. The number of amides is 1. The molecule has 0 fully saturated rings. The predicted octanol–water partition coefficient (Wildman–Crippen LogP) is 3.19. The van der Waals surface area contributed by atoms with Crippen LogP contribution in [0.25, 0.3) is 0 Å². The zero-order chi connectivity index (χ0) is 18.1. The standard InChI is InChI=1S/C19H19N3O4/c1-12-7-16(13(2)25-12)19(23)21-14-8-20-22(9-14)10-15-11-24-17-5-3-4-6-18(17)26-15/h3-9,15H,10-11H2,1-2H3,(H,21,23)/t15-/m1/s1. The number of para-hydroxylation sites is 2. The van der Waals surface area contributed by atoms with Crippen LogP contribution in [-0.2, 0) is 6.54 Å². The van der Waals surface area contributed by atoms with Gasteiger partial charge >= 0.3 is 0 Å². The fraction of sp³-hybridized carbons (Fsp3) is 0.263. The molecule has 1 N–H and O–H groups in total. The lowest BCUT2D eigenvalue weighted by molar-refractivity contribution is 0.0759. The summed E-state index contributed by atoms with van der Waals surface area (Å²) in [5, 5.41) is 7.11. The Kier molecular flexibility index (Phi) is 4.12. The molecule has 0 spiro atoms. The molecule has 1 aliphatic rings. The van der Waals surface area contributed by atoms with Crippen LogP contribution in [0.2, 0.25) is 0 Å². The fourth-order valence-electron chi connectivity index (χ4n) is 2.94. The molecule has 0 radical (unpaired) electrons. The summed E-state index contributed by atoms with van der Waals surface area (Å²) in [4.78, 5) is 12.3. The number of carbonyl (C=O) groups is 1. The third-order valence-corrected chi connectivity index (χ3v) is 4.13. The number of nitrogens with zero attached hydrogens (tertiary/aromatic N) is 2. The number of anilines is 1. The average Bonchev–Trinajstić information content (AvgIpc) is 3.20. The first kappa shape index (κ1) is 16.3. The molecule has 7 nitrogen and oxygen atoms in total. The number of hydrogen-bond acceptors (Lipinski definition) is 5. The highest BCUT2D eigenvalue weighted by Gasteiger charge is 2.21. The number of hydrogen-bond donors (Lipinski definition) is 1. The van der Waals surface area contributed by atoms with Crippen LogP contribution in [0, 0.1) is 13.8 Å². The van der Waals surface area contributed by atoms with Gasteiger partial charge in [0.15, 0.2) is 17.6 Å². The van der Waals surface area contributed by atoms with E-state index in [1.165, 1.54) is 0 Å². The second-order valence-electron chi connectivity index (χ2n) is 6.23. The van der Waals surface area contributed by atoms with E-state index in [1.807, 2.05) is 31.2 Å². The molecule has 0 saturated carbocycles. The summed E-state index contributed by atoms with van der Waals surface area (Å²) in [5.41, 5.74) is 1.14. The topological polar surface area (TPSA) is 78.5 Å². The van der Waals surface area contributed by atoms with E-state index in [0.29, 0.717) is 35.9 Å². The minimum absolute atomic E-state index is 0.146. The lowest BCUT2D eigenvalue weighted by atomic mass is 10.2. The summed E-state index contributed by atoms with van der Waals surface area (Å²) in [5.74, 6) is 2.57. The molecule has 2 aromatic heterocycles. The van der Waals surface area contributed by atoms with Gasteiger partial charge < -0.3 is 19.2 Å². The molecule has 1 amide bonds. The molecule has 7 heteroatoms. The Labute approximate surface area is 150 Å². The van der Waals surface area contributed by atoms with Crippen molar-refractivity contribution < 1.29 is 18.7 Å². The van der Waals surface area contributed by atoms with E-state index in [1.54, 1.807) is 30.1 Å². The van der Waals surface area contributed by atoms with Crippen molar-refractivity contribution in [1.82, 2.24) is 9.78 Å². The Morgan fingerprint density at radius 1 is 1.31 bits per heavy atom. The van der Waals surface area contributed by atoms with E-state index in [-0.39, 0.29) is 12.0 Å². The molecule has 3 aromatic rings. The van der Waals surface area contributed by atoms with Crippen molar-refractivity contribution in [3.63, 3.8) is 0 Å². The normalized spacial score (nSPS) is 15.7. The molecule has 0 bridgehead atoms. The van der Waals surface area contributed by atoms with Gasteiger partial charge in [0.1, 0.15) is 18.1 Å². The van der Waals surface area contributed by atoms with Gasteiger partial charge in [0.25, 0.3) is 5.91 Å². The van der Waals surface area contributed by atoms with Gasteiger partial charge in [-0.15, -0.1) is 0 Å². The first-order valence-electron chi connectivity index (χ1n) is 8.38. The summed E-state index contributed by atoms with van der Waals surface area (Å²) in [7, 11) is 0. The zero-order valence-corrected chi connectivity index (χ0v) is 14.6. The van der Waals surface area contributed by atoms with Crippen molar-refractivity contribution in [3.8, 4) is 11.5 Å². The highest BCUT2D eigenvalue weighted by molar-refractivity contribution is 6.04. The number of carbonyl (C=O) groups excluding carboxylic acids is 1. The van der Waals surface area contributed by atoms with Crippen molar-refractivity contribution in [2.75, 3.05) is 11.9 Å². The molecule has 0 saturated heterocycles. The lowest BCUT2D eigenvalue weighted by Crippen LogP contribution is -2.33. The number of benzene rings is 1. The number of nitrogens with one attached hydrogen (secondary N) is 1. The largest absolute Gasteiger partial charge is 0.486 e. The molecular weight excluding hydrogens is 334 g/mol. The summed E-state index contributed by atoms with van der Waals surface area (Å²) in [6.07, 6.45) is 3.23. The minimum Gasteiger partial charge on any atom is -0.486 e. The van der Waals surface area contributed by atoms with Crippen LogP contribution < -0.4 is 14.8 Å². The van der Waals surface area contributed by atoms with Crippen LogP contribution in [0.4, 0.5) is 5.69 Å². The number of aryl methyl sites for hydroxylation is 2. The lowest BCUT2D eigenvalue weighted by Gasteiger charge is -2.26. The molecule has 1 atom stereocenters. The zero-order valence-electron chi connectivity index (χ0n) is 14.6. The van der Waals surface area contributed by atoms with Gasteiger partial charge in [-0.3, -0.25) is 9.48 Å². The highest BCUT2D eigenvalue weighted by atomic mass is 16.6. The average molecular weight is 353 g/mol. The van der Waals surface area contributed by atoms with Crippen molar-refractivity contribution >= 4 is 11.6 Å². The Morgan fingerprint density at radius 3 is 2.88 bits per heavy atom. The summed E-state index contributed by atoms with van der Waals surface area (Å²) >= 11 is 0. The molecule has 0 aliphatic carbocycles. The maximum atomic E-state index is 12.3. The highest BCUT2D eigenvalue weighted by Crippen LogP contribution is 2.31. The molecule has 1 aliphatic heterocycles. The van der Waals surface area contributed by atoms with E-state index in [9.17, 15) is 4.79 Å². The van der Waals surface area contributed by atoms with E-state index in [0.717, 1.165) is 11.5 Å². The van der Waals surface area contributed by atoms with E-state index in [4.69, 9.17) is 13.9 Å². The number of rotatable bonds is 4. The van der Waals surface area contributed by atoms with Crippen LogP contribution in [0.15, 0.2) is 47.1 Å². The molecule has 4 rings (SSSR count). The van der Waals surface area contributed by atoms with Crippen LogP contribution in [-0.4, -0.2) is 28.4 Å². The van der Waals surface area contributed by atoms with Crippen molar-refractivity contribution in [2.24, 2.45) is 0 Å². The second-order valence-corrected chi connectivity index (χ2v) is 6.23. The van der Waals surface area contributed by atoms with E-state index in [2.05, 4.69) is 10.4 Å². The molecular formula is C19H19N3O4. The fourth-order valence-corrected chi connectivity index (χ4v) is 2.94. The van der Waals surface area contributed by atoms with Gasteiger partial charge in [-0.1, -0.05) is 12.1 Å². The van der Waals surface area contributed by atoms with Gasteiger partial charge in [0, 0.05) is 6.20 Å². The summed E-state index contributed by atoms with van der Waals surface area (Å²) in [6.45, 7) is 4.55. The quantitative estimate of drug-likeness (QED) is 0.779. The van der Waals surface area contributed by atoms with Crippen molar-refractivity contribution in [3.05, 3.63) is 59.8 Å². The van der Waals surface area contributed by atoms with Crippen LogP contribution in [0.1, 0.15) is 21.9 Å². The van der Waals surface area contributed by atoms with Crippen LogP contribution in [0.3, 0.4) is 0 Å². The van der Waals surface area contributed by atoms with Gasteiger partial charge in [0.05, 0.1) is 24.0 Å². The predicted molar refractivity (Wildman–Crippen MR) is 94.7 cm³/mol. The molecule has 3 heterocycles. The second kappa shape index (κ2) is 6.59. The van der Waals surface area contributed by atoms with Crippen molar-refractivity contribution in [1.29, 1.82) is 0 Å². The number of aromatic nitrogens is 2. The Hall–Kier alpha value is -3.22. The van der Waals surface area contributed by atoms with E-state index >= 15 is 0 Å². The summed E-state index contributed by atoms with van der Waals surface area (Å²) in [6, 6.07) is 9.30.